The van der Waals surface area contributed by atoms with E-state index < -0.39 is 0 Å². The molecule has 124 valence electrons. The van der Waals surface area contributed by atoms with Crippen LogP contribution in [-0.2, 0) is 6.67 Å². The minimum Gasteiger partial charge on any atom is -0.348 e. The summed E-state index contributed by atoms with van der Waals surface area (Å²) in [5.41, 5.74) is 2.14. The average molecular weight is 336 g/mol. The summed E-state index contributed by atoms with van der Waals surface area (Å²) < 4.78 is 3.49. The van der Waals surface area contributed by atoms with E-state index in [0.717, 1.165) is 24.2 Å². The van der Waals surface area contributed by atoms with Crippen molar-refractivity contribution < 1.29 is 4.79 Å². The van der Waals surface area contributed by atoms with E-state index in [4.69, 9.17) is 11.6 Å². The van der Waals surface area contributed by atoms with Gasteiger partial charge in [0.05, 0.1) is 16.4 Å². The quantitative estimate of drug-likeness (QED) is 0.934. The van der Waals surface area contributed by atoms with Crippen molar-refractivity contribution in [3.05, 3.63) is 34.4 Å². The van der Waals surface area contributed by atoms with E-state index >= 15 is 0 Å². The molecule has 1 amide bonds. The Hall–Kier alpha value is -1.82. The third-order valence-corrected chi connectivity index (χ3v) is 4.93. The summed E-state index contributed by atoms with van der Waals surface area (Å²) in [4.78, 5) is 12.3. The van der Waals surface area contributed by atoms with Gasteiger partial charge in [-0.15, -0.1) is 0 Å². The number of nitrogens with zero attached hydrogens (tertiary/aromatic N) is 4. The third kappa shape index (κ3) is 3.58. The number of nitrogens with one attached hydrogen (secondary N) is 1. The van der Waals surface area contributed by atoms with Crippen LogP contribution in [0.1, 0.15) is 54.0 Å². The Morgan fingerprint density at radius 3 is 2.70 bits per heavy atom. The van der Waals surface area contributed by atoms with E-state index in [1.54, 1.807) is 21.6 Å². The summed E-state index contributed by atoms with van der Waals surface area (Å²) in [5.74, 6) is -0.0953. The molecule has 0 unspecified atom stereocenters. The second-order valence-electron chi connectivity index (χ2n) is 6.17. The van der Waals surface area contributed by atoms with Crippen molar-refractivity contribution in [2.24, 2.45) is 0 Å². The van der Waals surface area contributed by atoms with E-state index in [1.165, 1.54) is 19.3 Å². The van der Waals surface area contributed by atoms with Crippen LogP contribution in [-0.4, -0.2) is 31.5 Å². The molecule has 2 heterocycles. The highest BCUT2D eigenvalue weighted by Crippen LogP contribution is 2.19. The molecule has 2 aromatic rings. The highest BCUT2D eigenvalue weighted by Gasteiger charge is 2.18. The normalized spacial score (nSPS) is 15.8. The fraction of sp³-hybridized carbons (Fsp3) is 0.562. The Kier molecular flexibility index (Phi) is 4.71. The molecule has 3 rings (SSSR count). The highest BCUT2D eigenvalue weighted by molar-refractivity contribution is 6.31. The van der Waals surface area contributed by atoms with E-state index in [-0.39, 0.29) is 11.9 Å². The van der Waals surface area contributed by atoms with Gasteiger partial charge in [-0.2, -0.15) is 10.2 Å². The first-order chi connectivity index (χ1) is 11.0. The molecule has 0 aromatic carbocycles. The molecular formula is C16H22ClN5O. The molecule has 2 aromatic heterocycles. The molecule has 7 heteroatoms. The van der Waals surface area contributed by atoms with Gasteiger partial charge in [0.25, 0.3) is 5.91 Å². The predicted octanol–water partition coefficient (Wildman–Crippen LogP) is 2.92. The average Bonchev–Trinajstić information content (AvgIpc) is 3.10. The van der Waals surface area contributed by atoms with Crippen LogP contribution >= 0.6 is 11.6 Å². The summed E-state index contributed by atoms with van der Waals surface area (Å²) in [6.07, 6.45) is 7.58. The third-order valence-electron chi connectivity index (χ3n) is 4.39. The molecule has 1 aliphatic rings. The minimum atomic E-state index is -0.0953. The van der Waals surface area contributed by atoms with Crippen molar-refractivity contribution in [1.29, 1.82) is 0 Å². The molecular weight excluding hydrogens is 314 g/mol. The topological polar surface area (TPSA) is 64.7 Å². The summed E-state index contributed by atoms with van der Waals surface area (Å²) >= 11 is 6.15. The van der Waals surface area contributed by atoms with Crippen molar-refractivity contribution in [2.45, 2.75) is 58.7 Å². The SMILES string of the molecule is Cc1nn(Cn2ccc(C(=O)NC3CCCCC3)n2)c(C)c1Cl. The molecule has 1 aliphatic carbocycles. The van der Waals surface area contributed by atoms with Crippen LogP contribution < -0.4 is 5.32 Å². The Morgan fingerprint density at radius 2 is 2.04 bits per heavy atom. The number of carbonyl (C=O) groups is 1. The molecule has 0 saturated heterocycles. The summed E-state index contributed by atoms with van der Waals surface area (Å²) in [6.45, 7) is 4.23. The zero-order chi connectivity index (χ0) is 16.4. The maximum Gasteiger partial charge on any atom is 0.271 e. The molecule has 0 atom stereocenters. The van der Waals surface area contributed by atoms with Crippen molar-refractivity contribution in [3.8, 4) is 0 Å². The Morgan fingerprint density at radius 1 is 1.30 bits per heavy atom. The number of aryl methyl sites for hydroxylation is 1. The first-order valence-electron chi connectivity index (χ1n) is 8.08. The van der Waals surface area contributed by atoms with Gasteiger partial charge in [-0.3, -0.25) is 9.48 Å². The highest BCUT2D eigenvalue weighted by atomic mass is 35.5. The van der Waals surface area contributed by atoms with E-state index in [1.807, 2.05) is 13.8 Å². The monoisotopic (exact) mass is 335 g/mol. The van der Waals surface area contributed by atoms with Gasteiger partial charge in [0, 0.05) is 12.2 Å². The molecule has 0 spiro atoms. The van der Waals surface area contributed by atoms with Gasteiger partial charge < -0.3 is 5.32 Å². The lowest BCUT2D eigenvalue weighted by molar-refractivity contribution is 0.0921. The molecule has 0 radical (unpaired) electrons. The van der Waals surface area contributed by atoms with Crippen molar-refractivity contribution in [3.63, 3.8) is 0 Å². The number of hydrogen-bond acceptors (Lipinski definition) is 3. The van der Waals surface area contributed by atoms with E-state index in [9.17, 15) is 4.79 Å². The van der Waals surface area contributed by atoms with Gasteiger partial charge in [-0.1, -0.05) is 30.9 Å². The first kappa shape index (κ1) is 16.1. The van der Waals surface area contributed by atoms with Gasteiger partial charge >= 0.3 is 0 Å². The van der Waals surface area contributed by atoms with Gasteiger partial charge in [0.15, 0.2) is 0 Å². The Labute approximate surface area is 140 Å². The van der Waals surface area contributed by atoms with Crippen LogP contribution in [0.3, 0.4) is 0 Å². The van der Waals surface area contributed by atoms with Crippen LogP contribution in [0.15, 0.2) is 12.3 Å². The van der Waals surface area contributed by atoms with Crippen molar-refractivity contribution in [2.75, 3.05) is 0 Å². The number of amides is 1. The summed E-state index contributed by atoms with van der Waals surface area (Å²) in [6, 6.07) is 2.03. The largest absolute Gasteiger partial charge is 0.348 e. The maximum absolute atomic E-state index is 12.3. The fourth-order valence-corrected chi connectivity index (χ4v) is 3.15. The second-order valence-corrected chi connectivity index (χ2v) is 6.55. The first-order valence-corrected chi connectivity index (χ1v) is 8.46. The lowest BCUT2D eigenvalue weighted by atomic mass is 9.95. The van der Waals surface area contributed by atoms with Crippen LogP contribution in [0.4, 0.5) is 0 Å². The van der Waals surface area contributed by atoms with Gasteiger partial charge in [0.2, 0.25) is 0 Å². The van der Waals surface area contributed by atoms with Gasteiger partial charge in [-0.05, 0) is 32.8 Å². The number of rotatable bonds is 4. The number of aromatic nitrogens is 4. The number of hydrogen-bond donors (Lipinski definition) is 1. The van der Waals surface area contributed by atoms with E-state index in [0.29, 0.717) is 17.4 Å². The van der Waals surface area contributed by atoms with Gasteiger partial charge in [-0.25, -0.2) is 4.68 Å². The Bertz CT molecular complexity index is 699. The zero-order valence-corrected chi connectivity index (χ0v) is 14.3. The minimum absolute atomic E-state index is 0.0953. The lowest BCUT2D eigenvalue weighted by Gasteiger charge is -2.22. The second kappa shape index (κ2) is 6.74. The standard InChI is InChI=1S/C16H22ClN5O/c1-11-15(17)12(2)22(19-11)10-21-9-8-14(20-21)16(23)18-13-6-4-3-5-7-13/h8-9,13H,3-7,10H2,1-2H3,(H,18,23). The predicted molar refractivity (Wildman–Crippen MR) is 88.7 cm³/mol. The molecule has 0 aliphatic heterocycles. The molecule has 6 nitrogen and oxygen atoms in total. The van der Waals surface area contributed by atoms with Crippen LogP contribution in [0.2, 0.25) is 5.02 Å². The van der Waals surface area contributed by atoms with E-state index in [2.05, 4.69) is 15.5 Å². The Balaban J connectivity index is 1.65. The summed E-state index contributed by atoms with van der Waals surface area (Å²) in [7, 11) is 0. The molecule has 1 N–H and O–H groups in total. The number of halogens is 1. The lowest BCUT2D eigenvalue weighted by Crippen LogP contribution is -2.36. The molecule has 1 saturated carbocycles. The van der Waals surface area contributed by atoms with Gasteiger partial charge in [0.1, 0.15) is 12.4 Å². The summed E-state index contributed by atoms with van der Waals surface area (Å²) in [5, 5.41) is 12.5. The molecule has 0 bridgehead atoms. The van der Waals surface area contributed by atoms with Crippen molar-refractivity contribution >= 4 is 17.5 Å². The van der Waals surface area contributed by atoms with Crippen LogP contribution in [0.5, 0.6) is 0 Å². The number of carbonyl (C=O) groups excluding carboxylic acids is 1. The molecule has 23 heavy (non-hydrogen) atoms. The van der Waals surface area contributed by atoms with Crippen LogP contribution in [0, 0.1) is 13.8 Å². The zero-order valence-electron chi connectivity index (χ0n) is 13.5. The smallest absolute Gasteiger partial charge is 0.271 e. The maximum atomic E-state index is 12.3. The van der Waals surface area contributed by atoms with Crippen LogP contribution in [0.25, 0.3) is 0 Å². The fourth-order valence-electron chi connectivity index (χ4n) is 3.02. The molecule has 1 fully saturated rings. The van der Waals surface area contributed by atoms with Crippen molar-refractivity contribution in [1.82, 2.24) is 24.9 Å².